The molecule has 0 aliphatic carbocycles. The van der Waals surface area contributed by atoms with E-state index < -0.39 is 83.7 Å². The zero-order chi connectivity index (χ0) is 58.4. The molecular weight excluding hydrogens is 1150 g/mol. The predicted molar refractivity (Wildman–Crippen MR) is 368 cm³/mol. The Bertz CT molecular complexity index is 2780. The molecule has 1 saturated heterocycles. The molecule has 0 radical (unpaired) electrons. The van der Waals surface area contributed by atoms with E-state index in [-0.39, 0.29) is 5.04 Å². The van der Waals surface area contributed by atoms with E-state index in [1.165, 1.54) is 27.2 Å². The minimum absolute atomic E-state index is 0.0760. The van der Waals surface area contributed by atoms with E-state index in [9.17, 15) is 0 Å². The van der Waals surface area contributed by atoms with Gasteiger partial charge in [0.1, 0.15) is 0 Å². The van der Waals surface area contributed by atoms with Gasteiger partial charge < -0.3 is 24.7 Å². The summed E-state index contributed by atoms with van der Waals surface area (Å²) in [5.41, 5.74) is 2.77. The highest BCUT2D eigenvalue weighted by atomic mass is 28.5. The maximum atomic E-state index is 8.30. The van der Waals surface area contributed by atoms with Crippen molar-refractivity contribution in [3.05, 3.63) is 194 Å². The van der Waals surface area contributed by atoms with Gasteiger partial charge in [0, 0.05) is 8.07 Å². The Morgan fingerprint density at radius 3 is 1.04 bits per heavy atom. The number of hydrogen-bond donors (Lipinski definition) is 0. The first-order valence-corrected chi connectivity index (χ1v) is 56.8. The molecule has 3 unspecified atom stereocenters. The van der Waals surface area contributed by atoms with Crippen molar-refractivity contribution in [1.82, 2.24) is 0 Å². The molecule has 0 saturated carbocycles. The van der Waals surface area contributed by atoms with Gasteiger partial charge in [0.25, 0.3) is 0 Å². The summed E-state index contributed by atoms with van der Waals surface area (Å²) in [5.74, 6) is 0. The van der Waals surface area contributed by atoms with Crippen LogP contribution in [0.25, 0.3) is 0 Å². The first kappa shape index (κ1) is 64.5. The van der Waals surface area contributed by atoms with Gasteiger partial charge in [-0.25, -0.2) is 0 Å². The van der Waals surface area contributed by atoms with Crippen LogP contribution in [0.4, 0.5) is 0 Å². The Morgan fingerprint density at radius 1 is 0.438 bits per heavy atom. The molecule has 16 heteroatoms. The third kappa shape index (κ3) is 15.6. The molecule has 80 heavy (non-hydrogen) atoms. The second kappa shape index (κ2) is 25.7. The largest absolute Gasteiger partial charge is 0.430 e. The molecule has 1 aliphatic rings. The molecule has 0 bridgehead atoms. The fourth-order valence-corrected chi connectivity index (χ4v) is 57.1. The highest BCUT2D eigenvalue weighted by molar-refractivity contribution is 7.06. The van der Waals surface area contributed by atoms with Crippen LogP contribution in [-0.2, 0) is 24.7 Å². The topological polar surface area (TPSA) is 55.4 Å². The molecule has 6 aromatic carbocycles. The van der Waals surface area contributed by atoms with Gasteiger partial charge in [-0.1, -0.05) is 234 Å². The van der Waals surface area contributed by atoms with E-state index in [0.717, 1.165) is 59.0 Å². The molecule has 1 fully saturated rings. The highest BCUT2D eigenvalue weighted by Gasteiger charge is 2.70. The van der Waals surface area contributed by atoms with Crippen molar-refractivity contribution >= 4 is 115 Å². The SMILES string of the molecule is C=C[Si](C)(C)O[Si](O[Si](C)(C)CCC1(CC)C[Si]1(C)O[Si](O[Si](C)(C)CC[Si](C)(C)O[Si](O[Si](C)(C)CCC(C)[Si](C)(C)C)(c1ccccc1)c1ccccc1)(c1ccccc1)c1ccccc1)(c1ccccc1)c1ccccc1. The van der Waals surface area contributed by atoms with Crippen LogP contribution in [0.2, 0.25) is 132 Å². The van der Waals surface area contributed by atoms with Crippen molar-refractivity contribution in [3.63, 3.8) is 0 Å². The smallest absolute Gasteiger partial charge is 0.386 e. The van der Waals surface area contributed by atoms with Crippen molar-refractivity contribution in [2.45, 2.75) is 166 Å². The summed E-state index contributed by atoms with van der Waals surface area (Å²) in [5, 5.41) is 7.17. The summed E-state index contributed by atoms with van der Waals surface area (Å²) in [6.45, 7) is 43.2. The third-order valence-corrected chi connectivity index (χ3v) is 58.2. The molecule has 6 nitrogen and oxygen atoms in total. The zero-order valence-electron chi connectivity index (χ0n) is 51.8. The van der Waals surface area contributed by atoms with E-state index in [1.807, 2.05) is 0 Å². The van der Waals surface area contributed by atoms with Crippen molar-refractivity contribution in [1.29, 1.82) is 0 Å². The maximum absolute atomic E-state index is 8.30. The molecule has 1 aliphatic heterocycles. The average molecular weight is 1240 g/mol. The number of hydrogen-bond acceptors (Lipinski definition) is 6. The van der Waals surface area contributed by atoms with Crippen molar-refractivity contribution in [2.75, 3.05) is 0 Å². The lowest BCUT2D eigenvalue weighted by atomic mass is 10.1. The molecule has 0 aromatic heterocycles. The fourth-order valence-electron chi connectivity index (χ4n) is 11.6. The molecular formula is C64H98O6Si10. The van der Waals surface area contributed by atoms with Crippen LogP contribution >= 0.6 is 0 Å². The fraction of sp³-hybridized carbons (Fsp3) is 0.406. The van der Waals surface area contributed by atoms with Gasteiger partial charge in [0.05, 0.1) is 0 Å². The summed E-state index contributed by atoms with van der Waals surface area (Å²) in [7, 11) is -25.6. The van der Waals surface area contributed by atoms with Crippen LogP contribution in [0.15, 0.2) is 194 Å². The Hall–Kier alpha value is -3.01. The Balaban J connectivity index is 1.20. The van der Waals surface area contributed by atoms with E-state index in [0.29, 0.717) is 0 Å². The lowest BCUT2D eigenvalue weighted by molar-refractivity contribution is 0.398. The first-order chi connectivity index (χ1) is 37.5. The summed E-state index contributed by atoms with van der Waals surface area (Å²) in [6, 6.07) is 70.9. The summed E-state index contributed by atoms with van der Waals surface area (Å²) in [6.07, 6.45) is 3.32. The minimum Gasteiger partial charge on any atom is -0.430 e. The Labute approximate surface area is 495 Å². The van der Waals surface area contributed by atoms with E-state index in [2.05, 4.69) is 300 Å². The molecule has 0 N–H and O–H groups in total. The van der Waals surface area contributed by atoms with Crippen LogP contribution in [-0.4, -0.2) is 83.7 Å². The lowest BCUT2D eigenvalue weighted by Crippen LogP contribution is -2.70. The van der Waals surface area contributed by atoms with Crippen molar-refractivity contribution < 1.29 is 24.7 Å². The standard InChI is InChI=1S/C64H98O6Si10/c1-18-64(51-53-74(11,12)67-78(65-72(7,8)19-2,58-38-26-20-27-39-58)59-40-28-21-29-41-59)56-77(64,17)70-80(62-46-34-24-35-47-62,63-48-36-25-37-49-63)69-76(15,16)55-54-75(13,14)68-79(60-42-30-22-31-43-60,61-44-32-23-33-45-61)66-73(9,10)52-50-57(3)71(4,5)6/h19-49,57H,2,18,50-56H2,1,3-17H3. The van der Waals surface area contributed by atoms with Gasteiger partial charge in [-0.05, 0) is 150 Å². The average Bonchev–Trinajstić information content (AvgIpc) is 4.19. The third-order valence-electron chi connectivity index (χ3n) is 17.4. The molecule has 0 amide bonds. The quantitative estimate of drug-likeness (QED) is 0.0419. The summed E-state index contributed by atoms with van der Waals surface area (Å²) < 4.78 is 47.8. The molecule has 0 spiro atoms. The van der Waals surface area contributed by atoms with Crippen LogP contribution in [0.3, 0.4) is 0 Å². The minimum atomic E-state index is -3.35. The highest BCUT2D eigenvalue weighted by Crippen LogP contribution is 2.69. The molecule has 1 heterocycles. The van der Waals surface area contributed by atoms with E-state index in [4.69, 9.17) is 24.7 Å². The summed E-state index contributed by atoms with van der Waals surface area (Å²) >= 11 is 0. The van der Waals surface area contributed by atoms with Crippen LogP contribution < -0.4 is 31.1 Å². The normalized spacial score (nSPS) is 18.2. The van der Waals surface area contributed by atoms with Crippen LogP contribution in [0.5, 0.6) is 0 Å². The molecule has 3 atom stereocenters. The monoisotopic (exact) mass is 1240 g/mol. The van der Waals surface area contributed by atoms with Gasteiger partial charge in [0.15, 0.2) is 41.6 Å². The zero-order valence-corrected chi connectivity index (χ0v) is 61.8. The van der Waals surface area contributed by atoms with Crippen LogP contribution in [0.1, 0.15) is 33.1 Å². The maximum Gasteiger partial charge on any atom is 0.386 e. The Kier molecular flexibility index (Phi) is 20.7. The second-order valence-corrected chi connectivity index (χ2v) is 68.7. The predicted octanol–water partition coefficient (Wildman–Crippen LogP) is 14.9. The molecule has 7 rings (SSSR count). The van der Waals surface area contributed by atoms with Crippen LogP contribution in [0, 0.1) is 0 Å². The van der Waals surface area contributed by atoms with Crippen molar-refractivity contribution in [3.8, 4) is 0 Å². The van der Waals surface area contributed by atoms with Gasteiger partial charge in [-0.2, -0.15) is 0 Å². The van der Waals surface area contributed by atoms with Gasteiger partial charge in [-0.15, -0.1) is 6.58 Å². The van der Waals surface area contributed by atoms with E-state index in [1.54, 1.807) is 0 Å². The molecule has 6 aromatic rings. The first-order valence-electron chi connectivity index (χ1n) is 29.7. The summed E-state index contributed by atoms with van der Waals surface area (Å²) in [4.78, 5) is 0. The Morgan fingerprint density at radius 2 is 0.725 bits per heavy atom. The molecule has 430 valence electrons. The second-order valence-electron chi connectivity index (χ2n) is 27.4. The van der Waals surface area contributed by atoms with Gasteiger partial charge in [-0.3, -0.25) is 0 Å². The van der Waals surface area contributed by atoms with E-state index >= 15 is 0 Å². The lowest BCUT2D eigenvalue weighted by Gasteiger charge is -2.45. The van der Waals surface area contributed by atoms with Gasteiger partial charge in [0.2, 0.25) is 8.32 Å². The number of benzene rings is 6. The van der Waals surface area contributed by atoms with Gasteiger partial charge >= 0.3 is 25.7 Å². The van der Waals surface area contributed by atoms with Crippen molar-refractivity contribution in [2.24, 2.45) is 0 Å². The number of rotatable bonds is 30.